The molecule has 0 saturated carbocycles. The first kappa shape index (κ1) is 12.4. The molecule has 0 spiro atoms. The molecule has 0 N–H and O–H groups in total. The lowest BCUT2D eigenvalue weighted by Crippen LogP contribution is -2.45. The lowest BCUT2D eigenvalue weighted by atomic mass is 9.92. The van der Waals surface area contributed by atoms with Gasteiger partial charge in [0.1, 0.15) is 16.3 Å². The van der Waals surface area contributed by atoms with Crippen molar-refractivity contribution in [3.8, 4) is 0 Å². The Balaban J connectivity index is 2.87. The van der Waals surface area contributed by atoms with Gasteiger partial charge < -0.3 is 0 Å². The summed E-state index contributed by atoms with van der Waals surface area (Å²) in [5, 5.41) is 21.6. The van der Waals surface area contributed by atoms with E-state index in [1.54, 1.807) is 6.08 Å². The molecule has 6 heteroatoms. The van der Waals surface area contributed by atoms with Crippen LogP contribution in [-0.2, 0) is 0 Å². The molecule has 0 unspecified atom stereocenters. The Morgan fingerprint density at radius 2 is 2.00 bits per heavy atom. The van der Waals surface area contributed by atoms with Gasteiger partial charge in [-0.1, -0.05) is 31.1 Å². The minimum Gasteiger partial charge on any atom is -0.258 e. The van der Waals surface area contributed by atoms with Crippen LogP contribution in [0.4, 0.5) is 0 Å². The van der Waals surface area contributed by atoms with Gasteiger partial charge in [-0.15, -0.1) is 0 Å². The highest BCUT2D eigenvalue weighted by Crippen LogP contribution is 2.29. The van der Waals surface area contributed by atoms with E-state index in [1.807, 2.05) is 6.92 Å². The maximum absolute atomic E-state index is 10.8. The zero-order chi connectivity index (χ0) is 12.2. The van der Waals surface area contributed by atoms with Crippen molar-refractivity contribution < 1.29 is 9.85 Å². The van der Waals surface area contributed by atoms with Crippen LogP contribution in [0.15, 0.2) is 23.8 Å². The average molecular weight is 226 g/mol. The van der Waals surface area contributed by atoms with Gasteiger partial charge in [0.05, 0.1) is 6.08 Å². The quantitative estimate of drug-likeness (QED) is 0.409. The van der Waals surface area contributed by atoms with Crippen molar-refractivity contribution in [3.05, 3.63) is 44.0 Å². The fraction of sp³-hybridized carbons (Fsp3) is 0.600. The molecule has 0 radical (unpaired) electrons. The van der Waals surface area contributed by atoms with Gasteiger partial charge in [-0.2, -0.15) is 0 Å². The second kappa shape index (κ2) is 4.87. The normalized spacial score (nSPS) is 17.9. The number of nitro groups is 2. The van der Waals surface area contributed by atoms with Crippen molar-refractivity contribution in [3.63, 3.8) is 0 Å². The molecule has 0 saturated heterocycles. The number of hydrogen-bond acceptors (Lipinski definition) is 4. The van der Waals surface area contributed by atoms with E-state index >= 15 is 0 Å². The van der Waals surface area contributed by atoms with E-state index in [9.17, 15) is 20.2 Å². The maximum atomic E-state index is 10.8. The van der Waals surface area contributed by atoms with Crippen LogP contribution in [0.5, 0.6) is 0 Å². The molecule has 0 aromatic carbocycles. The first-order valence-corrected chi connectivity index (χ1v) is 5.19. The molecule has 0 fully saturated rings. The molecule has 1 aliphatic carbocycles. The van der Waals surface area contributed by atoms with E-state index in [0.29, 0.717) is 6.42 Å². The smallest absolute Gasteiger partial charge is 0.258 e. The van der Waals surface area contributed by atoms with Crippen molar-refractivity contribution in [2.24, 2.45) is 0 Å². The third kappa shape index (κ3) is 2.26. The van der Waals surface area contributed by atoms with Crippen molar-refractivity contribution >= 4 is 0 Å². The topological polar surface area (TPSA) is 86.3 Å². The minimum atomic E-state index is -2.15. The van der Waals surface area contributed by atoms with E-state index < -0.39 is 15.5 Å². The first-order chi connectivity index (χ1) is 7.53. The van der Waals surface area contributed by atoms with E-state index in [1.165, 1.54) is 6.08 Å². The summed E-state index contributed by atoms with van der Waals surface area (Å²) in [5.74, 6) is 0. The second-order valence-electron chi connectivity index (χ2n) is 3.86. The molecule has 0 heterocycles. The molecule has 0 amide bonds. The number of allylic oxidation sites excluding steroid dienone is 2. The lowest BCUT2D eigenvalue weighted by molar-refractivity contribution is -0.780. The molecule has 16 heavy (non-hydrogen) atoms. The zero-order valence-electron chi connectivity index (χ0n) is 9.09. The Bertz CT molecular complexity index is 346. The molecule has 0 bridgehead atoms. The van der Waals surface area contributed by atoms with Gasteiger partial charge in [0, 0.05) is 0 Å². The molecule has 1 rings (SSSR count). The highest BCUT2D eigenvalue weighted by atomic mass is 16.7. The third-order valence-corrected chi connectivity index (χ3v) is 2.67. The Hall–Kier alpha value is -1.72. The van der Waals surface area contributed by atoms with Crippen LogP contribution in [0, 0.1) is 20.2 Å². The minimum absolute atomic E-state index is 0.122. The summed E-state index contributed by atoms with van der Waals surface area (Å²) < 4.78 is 0. The Morgan fingerprint density at radius 1 is 1.38 bits per heavy atom. The summed E-state index contributed by atoms with van der Waals surface area (Å²) in [4.78, 5) is 20.0. The number of hydrogen-bond donors (Lipinski definition) is 0. The van der Waals surface area contributed by atoms with E-state index in [2.05, 4.69) is 0 Å². The second-order valence-corrected chi connectivity index (χ2v) is 3.86. The molecule has 0 aliphatic heterocycles. The molecule has 0 aromatic rings. The van der Waals surface area contributed by atoms with Crippen LogP contribution in [0.3, 0.4) is 0 Å². The molecule has 88 valence electrons. The van der Waals surface area contributed by atoms with Crippen LogP contribution in [0.2, 0.25) is 0 Å². The molecular weight excluding hydrogens is 212 g/mol. The summed E-state index contributed by atoms with van der Waals surface area (Å²) in [6.45, 7) is 2.01. The van der Waals surface area contributed by atoms with Crippen LogP contribution in [0.25, 0.3) is 0 Å². The van der Waals surface area contributed by atoms with E-state index in [-0.39, 0.29) is 6.42 Å². The Morgan fingerprint density at radius 3 is 2.50 bits per heavy atom. The highest BCUT2D eigenvalue weighted by Gasteiger charge is 2.54. The van der Waals surface area contributed by atoms with Gasteiger partial charge >= 0.3 is 5.66 Å². The van der Waals surface area contributed by atoms with Gasteiger partial charge in [0.2, 0.25) is 0 Å². The first-order valence-electron chi connectivity index (χ1n) is 5.19. The summed E-state index contributed by atoms with van der Waals surface area (Å²) >= 11 is 0. The summed E-state index contributed by atoms with van der Waals surface area (Å²) in [7, 11) is 0. The Kier molecular flexibility index (Phi) is 3.76. The standard InChI is InChI=1S/C10H14N2O4/c1-2-3-5-9-6-4-7-10(8-9,11(13)14)12(15)16/h4,6-7H,2-3,5,8H2,1H3. The summed E-state index contributed by atoms with van der Waals surface area (Å²) in [6, 6.07) is 0. The molecule has 1 aliphatic rings. The summed E-state index contributed by atoms with van der Waals surface area (Å²) in [5.41, 5.74) is -1.38. The number of unbranched alkanes of at least 4 members (excludes halogenated alkanes) is 1. The SMILES string of the molecule is CCCCC1=CC=CC([N+](=O)[O-])([N+](=O)[O-])C1. The largest absolute Gasteiger partial charge is 0.481 e. The van der Waals surface area contributed by atoms with Crippen molar-refractivity contribution in [2.75, 3.05) is 0 Å². The van der Waals surface area contributed by atoms with Gasteiger partial charge in [0.15, 0.2) is 0 Å². The van der Waals surface area contributed by atoms with Gasteiger partial charge in [-0.25, -0.2) is 0 Å². The van der Waals surface area contributed by atoms with Crippen LogP contribution in [-0.4, -0.2) is 15.5 Å². The highest BCUT2D eigenvalue weighted by molar-refractivity contribution is 5.22. The Labute approximate surface area is 92.9 Å². The fourth-order valence-electron chi connectivity index (χ4n) is 1.68. The fourth-order valence-corrected chi connectivity index (χ4v) is 1.68. The van der Waals surface area contributed by atoms with Crippen molar-refractivity contribution in [1.82, 2.24) is 0 Å². The molecule has 0 aromatic heterocycles. The zero-order valence-corrected chi connectivity index (χ0v) is 9.09. The molecule has 6 nitrogen and oxygen atoms in total. The predicted molar refractivity (Wildman–Crippen MR) is 58.1 cm³/mol. The third-order valence-electron chi connectivity index (χ3n) is 2.67. The lowest BCUT2D eigenvalue weighted by Gasteiger charge is -2.18. The molecular formula is C10H14N2O4. The van der Waals surface area contributed by atoms with Crippen molar-refractivity contribution in [1.29, 1.82) is 0 Å². The number of rotatable bonds is 5. The predicted octanol–water partition coefficient (Wildman–Crippen LogP) is 2.31. The number of nitrogens with zero attached hydrogens (tertiary/aromatic N) is 2. The molecule has 0 atom stereocenters. The van der Waals surface area contributed by atoms with Crippen LogP contribution < -0.4 is 0 Å². The van der Waals surface area contributed by atoms with Crippen LogP contribution >= 0.6 is 0 Å². The van der Waals surface area contributed by atoms with Gasteiger partial charge in [-0.3, -0.25) is 20.2 Å². The average Bonchev–Trinajstić information content (AvgIpc) is 2.26. The van der Waals surface area contributed by atoms with Crippen molar-refractivity contribution in [2.45, 2.75) is 38.3 Å². The maximum Gasteiger partial charge on any atom is 0.481 e. The van der Waals surface area contributed by atoms with E-state index in [4.69, 9.17) is 0 Å². The summed E-state index contributed by atoms with van der Waals surface area (Å²) in [6.07, 6.45) is 6.63. The monoisotopic (exact) mass is 226 g/mol. The van der Waals surface area contributed by atoms with Gasteiger partial charge in [-0.05, 0) is 12.8 Å². The van der Waals surface area contributed by atoms with Gasteiger partial charge in [0.25, 0.3) is 0 Å². The van der Waals surface area contributed by atoms with E-state index in [0.717, 1.165) is 24.5 Å². The van der Waals surface area contributed by atoms with Crippen LogP contribution in [0.1, 0.15) is 32.6 Å².